The average molecular weight is 759 g/mol. The fourth-order valence-corrected chi connectivity index (χ4v) is 44.5. The molecule has 0 unspecified atom stereocenters. The zero-order valence-corrected chi connectivity index (χ0v) is 30.4. The van der Waals surface area contributed by atoms with Gasteiger partial charge in [-0.1, -0.05) is 0 Å². The summed E-state index contributed by atoms with van der Waals surface area (Å²) in [6, 6.07) is 63.9. The van der Waals surface area contributed by atoms with Gasteiger partial charge in [0.1, 0.15) is 0 Å². The topological polar surface area (TPSA) is 0 Å². The summed E-state index contributed by atoms with van der Waals surface area (Å²) in [5, 5.41) is 7.88. The fraction of sp³-hybridized carbons (Fsp3) is 0.0270. The van der Waals surface area contributed by atoms with Crippen molar-refractivity contribution in [1.29, 1.82) is 0 Å². The van der Waals surface area contributed by atoms with Gasteiger partial charge in [0, 0.05) is 0 Å². The molecule has 6 aromatic rings. The molecule has 0 atom stereocenters. The molecule has 0 fully saturated rings. The number of rotatable bonds is 9. The molecule has 0 amide bonds. The molecule has 0 bridgehead atoms. The van der Waals surface area contributed by atoms with E-state index in [2.05, 4.69) is 212 Å². The molecule has 0 nitrogen and oxygen atoms in total. The molecule has 6 rings (SSSR count). The summed E-state index contributed by atoms with van der Waals surface area (Å²) in [6.07, 6.45) is 0. The van der Waals surface area contributed by atoms with E-state index in [0.29, 0.717) is 0 Å². The molecule has 0 aliphatic carbocycles. The molecule has 6 aromatic carbocycles. The third-order valence-electron chi connectivity index (χ3n) is 7.81. The van der Waals surface area contributed by atoms with Crippen molar-refractivity contribution in [2.24, 2.45) is 0 Å². The van der Waals surface area contributed by atoms with Crippen molar-refractivity contribution in [3.63, 3.8) is 0 Å². The van der Waals surface area contributed by atoms with Crippen molar-refractivity contribution in [3.05, 3.63) is 182 Å². The molecule has 212 valence electrons. The van der Waals surface area contributed by atoms with E-state index >= 15 is 0 Å². The Morgan fingerprint density at radius 1 is 0.326 bits per heavy atom. The Morgan fingerprint density at radius 2 is 0.512 bits per heavy atom. The van der Waals surface area contributed by atoms with Gasteiger partial charge in [-0.3, -0.25) is 0 Å². The van der Waals surface area contributed by atoms with Gasteiger partial charge in [0.05, 0.1) is 0 Å². The summed E-state index contributed by atoms with van der Waals surface area (Å²) < 4.78 is 0. The minimum atomic E-state index is -2.57. The predicted octanol–water partition coefficient (Wildman–Crippen LogP) is 6.90. The van der Waals surface area contributed by atoms with Crippen LogP contribution in [0.5, 0.6) is 0 Å². The first-order valence-electron chi connectivity index (χ1n) is 14.1. The molecule has 0 aliphatic rings. The first-order valence-corrected chi connectivity index (χ1v) is 25.1. The van der Waals surface area contributed by atoms with E-state index in [-0.39, 0.29) is 5.14 Å². The van der Waals surface area contributed by atoms with Crippen LogP contribution >= 0.6 is 17.1 Å². The molecule has 0 saturated heterocycles. The van der Waals surface area contributed by atoms with Gasteiger partial charge >= 0.3 is 278 Å². The van der Waals surface area contributed by atoms with Gasteiger partial charge in [-0.25, -0.2) is 0 Å². The van der Waals surface area contributed by atoms with Crippen LogP contribution in [-0.4, -0.2) is 35.3 Å². The Balaban J connectivity index is 1.86. The van der Waals surface area contributed by atoms with Crippen LogP contribution in [0, 0.1) is 0 Å². The van der Waals surface area contributed by atoms with Crippen LogP contribution in [0.25, 0.3) is 0 Å². The van der Waals surface area contributed by atoms with E-state index < -0.39 is 17.1 Å². The summed E-state index contributed by atoms with van der Waals surface area (Å²) in [5.74, 6) is 0. The molecular weight excluding hydrogens is 727 g/mol. The standard InChI is InChI=1S/C37H31P3SSe2/c41-38(31-19-7-1-8-20-31,32-21-9-2-10-22-32)37(39(42,33-23-11-3-12-24-33)34-25-13-4-14-26-34)40(43,35-27-15-5-16-28-35)36-29-17-6-18-30-36/h1-30,37H. The van der Waals surface area contributed by atoms with Crippen LogP contribution < -0.4 is 31.8 Å². The molecule has 43 heavy (non-hydrogen) atoms. The molecule has 0 N–H and O–H groups in total. The van der Waals surface area contributed by atoms with Crippen molar-refractivity contribution in [2.45, 2.75) is 5.14 Å². The van der Waals surface area contributed by atoms with Gasteiger partial charge in [0.2, 0.25) is 0 Å². The predicted molar refractivity (Wildman–Crippen MR) is 200 cm³/mol. The number of hydrogen-bond donors (Lipinski definition) is 0. The Labute approximate surface area is 276 Å². The van der Waals surface area contributed by atoms with Crippen LogP contribution in [0.1, 0.15) is 0 Å². The molecule has 0 radical (unpaired) electrons. The van der Waals surface area contributed by atoms with E-state index in [1.165, 1.54) is 31.8 Å². The second kappa shape index (κ2) is 13.5. The quantitative estimate of drug-likeness (QED) is 0.114. The Morgan fingerprint density at radius 3 is 0.721 bits per heavy atom. The van der Waals surface area contributed by atoms with E-state index in [9.17, 15) is 0 Å². The van der Waals surface area contributed by atoms with Crippen molar-refractivity contribution in [2.75, 3.05) is 0 Å². The number of hydrogen-bond acceptors (Lipinski definition) is 1. The van der Waals surface area contributed by atoms with Crippen LogP contribution in [0.4, 0.5) is 0 Å². The molecule has 0 spiro atoms. The Hall–Kier alpha value is -2.13. The van der Waals surface area contributed by atoms with E-state index in [4.69, 9.17) is 11.8 Å². The van der Waals surface area contributed by atoms with Crippen molar-refractivity contribution in [1.82, 2.24) is 0 Å². The first kappa shape index (κ1) is 30.9. The van der Waals surface area contributed by atoms with Gasteiger partial charge in [0.15, 0.2) is 0 Å². The van der Waals surface area contributed by atoms with Crippen molar-refractivity contribution in [3.8, 4) is 0 Å². The maximum atomic E-state index is 7.38. The van der Waals surface area contributed by atoms with Crippen molar-refractivity contribution < 1.29 is 0 Å². The van der Waals surface area contributed by atoms with Gasteiger partial charge in [-0.05, 0) is 0 Å². The maximum absolute atomic E-state index is 7.38. The summed E-state index contributed by atoms with van der Waals surface area (Å²) in [5.41, 5.74) is -4.70. The van der Waals surface area contributed by atoms with E-state index in [0.717, 1.165) is 0 Å². The van der Waals surface area contributed by atoms with E-state index in [1.54, 1.807) is 0 Å². The summed E-state index contributed by atoms with van der Waals surface area (Å²) in [7, 11) is 0. The zero-order valence-electron chi connectivity index (χ0n) is 23.5. The second-order valence-electron chi connectivity index (χ2n) is 10.3. The third-order valence-corrected chi connectivity index (χ3v) is 37.4. The van der Waals surface area contributed by atoms with E-state index in [1.807, 2.05) is 0 Å². The molecule has 0 heterocycles. The van der Waals surface area contributed by atoms with Crippen LogP contribution in [0.3, 0.4) is 0 Å². The molecule has 0 aliphatic heterocycles. The summed E-state index contributed by atoms with van der Waals surface area (Å²) in [6.45, 7) is 0. The molecule has 6 heteroatoms. The van der Waals surface area contributed by atoms with Gasteiger partial charge in [0.25, 0.3) is 0 Å². The van der Waals surface area contributed by atoms with Gasteiger partial charge in [-0.2, -0.15) is 0 Å². The normalized spacial score (nSPS) is 12.2. The average Bonchev–Trinajstić information content (AvgIpc) is 3.10. The first-order chi connectivity index (χ1) is 21.0. The monoisotopic (exact) mass is 760 g/mol. The summed E-state index contributed by atoms with van der Waals surface area (Å²) >= 11 is 15.4. The van der Waals surface area contributed by atoms with Crippen LogP contribution in [0.2, 0.25) is 0 Å². The third kappa shape index (κ3) is 5.73. The number of benzene rings is 6. The zero-order chi connectivity index (χ0) is 29.8. The molecule has 0 saturated carbocycles. The van der Waals surface area contributed by atoms with Crippen LogP contribution in [-0.2, 0) is 11.8 Å². The Kier molecular flexibility index (Phi) is 9.67. The second-order valence-corrected chi connectivity index (χ2v) is 29.1. The SMILES string of the molecule is S=P(c1ccccc1)(c1ccccc1)C(P(=[Se])(c1ccccc1)c1ccccc1)P(=[Se])(c1ccccc1)c1ccccc1. The van der Waals surface area contributed by atoms with Gasteiger partial charge in [-0.15, -0.1) is 0 Å². The molecular formula is C37H31P3SSe2. The molecule has 0 aromatic heterocycles. The van der Waals surface area contributed by atoms with Gasteiger partial charge < -0.3 is 0 Å². The Bertz CT molecular complexity index is 1570. The van der Waals surface area contributed by atoms with Crippen LogP contribution in [0.15, 0.2) is 182 Å². The minimum absolute atomic E-state index is 0.0573. The van der Waals surface area contributed by atoms with Crippen molar-refractivity contribution >= 4 is 90.9 Å². The summed E-state index contributed by atoms with van der Waals surface area (Å²) in [4.78, 5) is 0. The fourth-order valence-electron chi connectivity index (χ4n) is 5.83.